The summed E-state index contributed by atoms with van der Waals surface area (Å²) in [4.78, 5) is 24.7. The molecule has 2 N–H and O–H groups in total. The summed E-state index contributed by atoms with van der Waals surface area (Å²) >= 11 is 0. The molecule has 5 heterocycles. The molecule has 3 fully saturated rings. The molecule has 4 bridgehead atoms. The van der Waals surface area contributed by atoms with Crippen molar-refractivity contribution in [3.8, 4) is 11.7 Å². The highest BCUT2D eigenvalue weighted by atomic mass is 32.2. The number of ether oxygens (including phenoxy) is 2. The van der Waals surface area contributed by atoms with Crippen LogP contribution in [0.5, 0.6) is 5.88 Å². The lowest BCUT2D eigenvalue weighted by Crippen LogP contribution is -2.41. The van der Waals surface area contributed by atoms with Gasteiger partial charge in [-0.15, -0.1) is 5.10 Å². The standard InChI is InChI=1S/C31H39N7O5S/c1-31(2)18-22-19-37(31)29-24(30(39)36-44(40,41)28-5-3-4-25(33-28)32-14-17-42-22)10-11-26(34-29)38-15-12-27(35-38)43-16-13-23(20-6-7-20)21-8-9-21/h3-5,10-12,15,20-23H,6-9,13-14,16-19H2,1-2H3,(H,32,33)(H,36,39). The normalized spacial score (nSPS) is 22.8. The van der Waals surface area contributed by atoms with E-state index in [1.807, 2.05) is 11.0 Å². The Bertz CT molecular complexity index is 1640. The summed E-state index contributed by atoms with van der Waals surface area (Å²) in [6, 6.07) is 9.66. The summed E-state index contributed by atoms with van der Waals surface area (Å²) in [5.41, 5.74) is -0.288. The maximum absolute atomic E-state index is 13.6. The molecule has 1 atom stereocenters. The van der Waals surface area contributed by atoms with Crippen LogP contribution in [0.4, 0.5) is 11.6 Å². The van der Waals surface area contributed by atoms with Crippen molar-refractivity contribution in [3.63, 3.8) is 0 Å². The second-order valence-corrected chi connectivity index (χ2v) is 14.6. The van der Waals surface area contributed by atoms with E-state index >= 15 is 0 Å². The van der Waals surface area contributed by atoms with Gasteiger partial charge < -0.3 is 19.7 Å². The van der Waals surface area contributed by atoms with Gasteiger partial charge in [-0.05, 0) is 94.4 Å². The quantitative estimate of drug-likeness (QED) is 0.400. The Hall–Kier alpha value is -3.71. The van der Waals surface area contributed by atoms with Crippen LogP contribution >= 0.6 is 0 Å². The summed E-state index contributed by atoms with van der Waals surface area (Å²) in [5.74, 6) is 3.48. The Morgan fingerprint density at radius 1 is 1.09 bits per heavy atom. The number of nitrogens with zero attached hydrogens (tertiary/aromatic N) is 5. The van der Waals surface area contributed by atoms with Crippen LogP contribution in [-0.2, 0) is 14.8 Å². The molecule has 2 aliphatic carbocycles. The van der Waals surface area contributed by atoms with Gasteiger partial charge in [-0.2, -0.15) is 8.42 Å². The molecular formula is C31H39N7O5S. The Kier molecular flexibility index (Phi) is 7.48. The van der Waals surface area contributed by atoms with E-state index in [4.69, 9.17) is 14.5 Å². The molecule has 7 rings (SSSR count). The molecule has 0 aromatic carbocycles. The number of hydrogen-bond acceptors (Lipinski definition) is 10. The Morgan fingerprint density at radius 2 is 1.89 bits per heavy atom. The molecule has 1 amide bonds. The van der Waals surface area contributed by atoms with Gasteiger partial charge in [0.15, 0.2) is 10.8 Å². The number of pyridine rings is 2. The predicted octanol–water partition coefficient (Wildman–Crippen LogP) is 3.79. The van der Waals surface area contributed by atoms with Crippen LogP contribution in [0, 0.1) is 17.8 Å². The number of sulfonamides is 1. The average Bonchev–Trinajstić information content (AvgIpc) is 3.93. The largest absolute Gasteiger partial charge is 0.477 e. The number of nitrogens with one attached hydrogen (secondary N) is 2. The van der Waals surface area contributed by atoms with Gasteiger partial charge in [0, 0.05) is 30.9 Å². The van der Waals surface area contributed by atoms with E-state index in [0.29, 0.717) is 56.1 Å². The topological polar surface area (TPSA) is 141 Å². The third-order valence-electron chi connectivity index (χ3n) is 9.15. The van der Waals surface area contributed by atoms with Gasteiger partial charge in [-0.1, -0.05) is 6.07 Å². The zero-order valence-electron chi connectivity index (χ0n) is 25.1. The smallest absolute Gasteiger partial charge is 0.281 e. The summed E-state index contributed by atoms with van der Waals surface area (Å²) in [5, 5.41) is 7.46. The number of carbonyl (C=O) groups is 1. The molecule has 0 spiro atoms. The third-order valence-corrected chi connectivity index (χ3v) is 10.4. The minimum atomic E-state index is -4.25. The molecule has 1 unspecified atom stereocenters. The number of carbonyl (C=O) groups excluding carboxylic acids is 1. The average molecular weight is 622 g/mol. The fraction of sp³-hybridized carbons (Fsp3) is 0.548. The number of fused-ring (bicyclic) bond motifs is 6. The lowest BCUT2D eigenvalue weighted by molar-refractivity contribution is 0.0710. The number of amides is 1. The van der Waals surface area contributed by atoms with Crippen LogP contribution in [0.15, 0.2) is 47.6 Å². The number of anilines is 2. The molecule has 13 heteroatoms. The van der Waals surface area contributed by atoms with E-state index in [1.54, 1.807) is 35.1 Å². The highest BCUT2D eigenvalue weighted by Crippen LogP contribution is 2.50. The van der Waals surface area contributed by atoms with Crippen molar-refractivity contribution in [2.24, 2.45) is 17.8 Å². The second kappa shape index (κ2) is 11.3. The Balaban J connectivity index is 1.17. The fourth-order valence-electron chi connectivity index (χ4n) is 6.63. The van der Waals surface area contributed by atoms with Crippen molar-refractivity contribution in [2.45, 2.75) is 69.0 Å². The lowest BCUT2D eigenvalue weighted by atomic mass is 9.95. The first-order valence-corrected chi connectivity index (χ1v) is 17.0. The van der Waals surface area contributed by atoms with Gasteiger partial charge in [-0.25, -0.2) is 19.4 Å². The van der Waals surface area contributed by atoms with Crippen LogP contribution < -0.4 is 19.7 Å². The van der Waals surface area contributed by atoms with Gasteiger partial charge in [0.05, 0.1) is 24.9 Å². The Morgan fingerprint density at radius 3 is 2.66 bits per heavy atom. The number of aromatic nitrogens is 4. The number of hydrogen-bond donors (Lipinski definition) is 2. The van der Waals surface area contributed by atoms with Crippen molar-refractivity contribution >= 4 is 27.6 Å². The highest BCUT2D eigenvalue weighted by molar-refractivity contribution is 7.90. The predicted molar refractivity (Wildman–Crippen MR) is 164 cm³/mol. The SMILES string of the molecule is CC1(C)CC2CN1c1nc(-n3ccc(OCCC(C4CC4)C4CC4)n3)ccc1C(=O)NS(=O)(=O)c1cccc(n1)NCCO2. The molecule has 4 aliphatic rings. The van der Waals surface area contributed by atoms with E-state index in [9.17, 15) is 13.2 Å². The van der Waals surface area contributed by atoms with Crippen LogP contribution in [0.3, 0.4) is 0 Å². The monoisotopic (exact) mass is 621 g/mol. The molecule has 1 saturated heterocycles. The van der Waals surface area contributed by atoms with Gasteiger partial charge in [0.25, 0.3) is 15.9 Å². The summed E-state index contributed by atoms with van der Waals surface area (Å²) < 4.78 is 42.5. The molecule has 3 aromatic rings. The molecular weight excluding hydrogens is 582 g/mol. The van der Waals surface area contributed by atoms with E-state index in [1.165, 1.54) is 31.7 Å². The summed E-state index contributed by atoms with van der Waals surface area (Å²) in [7, 11) is -4.25. The molecule has 12 nitrogen and oxygen atoms in total. The van der Waals surface area contributed by atoms with E-state index < -0.39 is 21.5 Å². The first-order chi connectivity index (χ1) is 21.2. The maximum Gasteiger partial charge on any atom is 0.281 e. The molecule has 3 aromatic heterocycles. The van der Waals surface area contributed by atoms with Gasteiger partial charge in [-0.3, -0.25) is 4.79 Å². The van der Waals surface area contributed by atoms with Crippen LogP contribution in [-0.4, -0.2) is 72.0 Å². The minimum Gasteiger partial charge on any atom is -0.477 e. The van der Waals surface area contributed by atoms with Crippen molar-refractivity contribution in [3.05, 3.63) is 48.2 Å². The van der Waals surface area contributed by atoms with Crippen molar-refractivity contribution in [1.82, 2.24) is 24.5 Å². The van der Waals surface area contributed by atoms with Gasteiger partial charge in [0.1, 0.15) is 11.6 Å². The fourth-order valence-corrected chi connectivity index (χ4v) is 7.56. The highest BCUT2D eigenvalue weighted by Gasteiger charge is 2.42. The summed E-state index contributed by atoms with van der Waals surface area (Å²) in [6.07, 6.45) is 8.85. The van der Waals surface area contributed by atoms with Crippen LogP contribution in [0.2, 0.25) is 0 Å². The minimum absolute atomic E-state index is 0.110. The lowest BCUT2D eigenvalue weighted by Gasteiger charge is -2.33. The van der Waals surface area contributed by atoms with E-state index in [2.05, 4.69) is 34.0 Å². The second-order valence-electron chi connectivity index (χ2n) is 13.0. The zero-order valence-corrected chi connectivity index (χ0v) is 25.9. The molecule has 0 radical (unpaired) electrons. The summed E-state index contributed by atoms with van der Waals surface area (Å²) in [6.45, 7) is 6.11. The zero-order chi connectivity index (χ0) is 30.5. The van der Waals surface area contributed by atoms with Gasteiger partial charge >= 0.3 is 0 Å². The van der Waals surface area contributed by atoms with Crippen molar-refractivity contribution in [2.75, 3.05) is 36.5 Å². The van der Waals surface area contributed by atoms with E-state index in [0.717, 1.165) is 24.2 Å². The van der Waals surface area contributed by atoms with E-state index in [-0.39, 0.29) is 16.7 Å². The van der Waals surface area contributed by atoms with Crippen LogP contribution in [0.1, 0.15) is 62.7 Å². The Labute approximate surface area is 257 Å². The molecule has 44 heavy (non-hydrogen) atoms. The van der Waals surface area contributed by atoms with Gasteiger partial charge in [0.2, 0.25) is 5.88 Å². The first-order valence-electron chi connectivity index (χ1n) is 15.5. The maximum atomic E-state index is 13.6. The van der Waals surface area contributed by atoms with Crippen molar-refractivity contribution < 1.29 is 22.7 Å². The third kappa shape index (κ3) is 6.12. The molecule has 2 saturated carbocycles. The van der Waals surface area contributed by atoms with Crippen molar-refractivity contribution in [1.29, 1.82) is 0 Å². The molecule has 234 valence electrons. The number of rotatable bonds is 7. The molecule has 2 aliphatic heterocycles. The first kappa shape index (κ1) is 29.0. The van der Waals surface area contributed by atoms with Crippen LogP contribution in [0.25, 0.3) is 5.82 Å².